The SMILES string of the molecule is O=C(Cc1ccccc1)Nc1ccc(N2CCCC2)c(S(=O)(=O)N[C@H]2CCCc3ccccc32)c1. The molecule has 0 bridgehead atoms. The van der Waals surface area contributed by atoms with Crippen LogP contribution < -0.4 is 14.9 Å². The number of aryl methyl sites for hydroxylation is 1. The Kier molecular flexibility index (Phi) is 6.88. The number of carbonyl (C=O) groups excluding carboxylic acids is 1. The minimum Gasteiger partial charge on any atom is -0.370 e. The van der Waals surface area contributed by atoms with E-state index in [1.54, 1.807) is 12.1 Å². The maximum absolute atomic E-state index is 13.8. The minimum atomic E-state index is -3.83. The molecular weight excluding hydrogens is 458 g/mol. The molecule has 7 heteroatoms. The number of nitrogens with one attached hydrogen (secondary N) is 2. The number of carbonyl (C=O) groups is 1. The molecule has 1 aliphatic heterocycles. The van der Waals surface area contributed by atoms with Gasteiger partial charge in [-0.15, -0.1) is 0 Å². The Bertz CT molecular complexity index is 1300. The van der Waals surface area contributed by atoms with E-state index < -0.39 is 10.0 Å². The Morgan fingerprint density at radius 1 is 0.914 bits per heavy atom. The Balaban J connectivity index is 1.43. The lowest BCUT2D eigenvalue weighted by molar-refractivity contribution is -0.115. The normalized spacial score (nSPS) is 17.7. The van der Waals surface area contributed by atoms with E-state index in [2.05, 4.69) is 21.0 Å². The van der Waals surface area contributed by atoms with Gasteiger partial charge in [0, 0.05) is 24.8 Å². The molecule has 2 N–H and O–H groups in total. The van der Waals surface area contributed by atoms with Gasteiger partial charge in [0.05, 0.1) is 12.1 Å². The van der Waals surface area contributed by atoms with Gasteiger partial charge in [-0.3, -0.25) is 4.79 Å². The van der Waals surface area contributed by atoms with Crippen LogP contribution in [0.3, 0.4) is 0 Å². The predicted octanol–water partition coefficient (Wildman–Crippen LogP) is 4.82. The molecule has 1 amide bonds. The summed E-state index contributed by atoms with van der Waals surface area (Å²) < 4.78 is 30.5. The van der Waals surface area contributed by atoms with Crippen LogP contribution in [0.25, 0.3) is 0 Å². The van der Waals surface area contributed by atoms with Crippen molar-refractivity contribution in [2.24, 2.45) is 0 Å². The molecule has 1 atom stereocenters. The molecular formula is C28H31N3O3S. The summed E-state index contributed by atoms with van der Waals surface area (Å²) in [6.07, 6.45) is 4.99. The average molecular weight is 490 g/mol. The lowest BCUT2D eigenvalue weighted by Crippen LogP contribution is -2.32. The fourth-order valence-corrected chi connectivity index (χ4v) is 6.64. The molecule has 35 heavy (non-hydrogen) atoms. The monoisotopic (exact) mass is 489 g/mol. The quantitative estimate of drug-likeness (QED) is 0.499. The van der Waals surface area contributed by atoms with E-state index in [9.17, 15) is 13.2 Å². The Morgan fingerprint density at radius 3 is 2.46 bits per heavy atom. The van der Waals surface area contributed by atoms with E-state index in [4.69, 9.17) is 0 Å². The molecule has 0 spiro atoms. The summed E-state index contributed by atoms with van der Waals surface area (Å²) in [5.74, 6) is -0.178. The molecule has 182 valence electrons. The topological polar surface area (TPSA) is 78.5 Å². The summed E-state index contributed by atoms with van der Waals surface area (Å²) in [6.45, 7) is 1.66. The van der Waals surface area contributed by atoms with Crippen molar-refractivity contribution in [2.75, 3.05) is 23.3 Å². The highest BCUT2D eigenvalue weighted by Gasteiger charge is 2.29. The van der Waals surface area contributed by atoms with Gasteiger partial charge in [0.2, 0.25) is 15.9 Å². The first-order chi connectivity index (χ1) is 17.0. The number of hydrogen-bond donors (Lipinski definition) is 2. The lowest BCUT2D eigenvalue weighted by atomic mass is 9.88. The van der Waals surface area contributed by atoms with Gasteiger partial charge in [-0.1, -0.05) is 54.6 Å². The van der Waals surface area contributed by atoms with Gasteiger partial charge in [-0.25, -0.2) is 13.1 Å². The minimum absolute atomic E-state index is 0.178. The first kappa shape index (κ1) is 23.6. The predicted molar refractivity (Wildman–Crippen MR) is 139 cm³/mol. The zero-order valence-corrected chi connectivity index (χ0v) is 20.6. The number of amides is 1. The second kappa shape index (κ2) is 10.2. The van der Waals surface area contributed by atoms with Crippen molar-refractivity contribution >= 4 is 27.3 Å². The summed E-state index contributed by atoms with van der Waals surface area (Å²) in [5.41, 5.74) is 4.34. The zero-order chi connectivity index (χ0) is 24.3. The van der Waals surface area contributed by atoms with Crippen LogP contribution >= 0.6 is 0 Å². The number of nitrogens with zero attached hydrogens (tertiary/aromatic N) is 1. The van der Waals surface area contributed by atoms with E-state index >= 15 is 0 Å². The number of anilines is 2. The largest absolute Gasteiger partial charge is 0.370 e. The lowest BCUT2D eigenvalue weighted by Gasteiger charge is -2.28. The van der Waals surface area contributed by atoms with Gasteiger partial charge < -0.3 is 10.2 Å². The van der Waals surface area contributed by atoms with Gasteiger partial charge in [0.25, 0.3) is 0 Å². The highest BCUT2D eigenvalue weighted by molar-refractivity contribution is 7.89. The molecule has 1 heterocycles. The second-order valence-corrected chi connectivity index (χ2v) is 11.0. The molecule has 0 radical (unpaired) electrons. The fourth-order valence-electron chi connectivity index (χ4n) is 5.14. The van der Waals surface area contributed by atoms with Crippen LogP contribution in [0.4, 0.5) is 11.4 Å². The third kappa shape index (κ3) is 5.41. The molecule has 3 aromatic rings. The van der Waals surface area contributed by atoms with E-state index in [-0.39, 0.29) is 23.3 Å². The highest BCUT2D eigenvalue weighted by Crippen LogP contribution is 2.35. The van der Waals surface area contributed by atoms with Crippen LogP contribution in [0, 0.1) is 0 Å². The Hall–Kier alpha value is -3.16. The number of sulfonamides is 1. The smallest absolute Gasteiger partial charge is 0.243 e. The molecule has 6 nitrogen and oxygen atoms in total. The van der Waals surface area contributed by atoms with Crippen molar-refractivity contribution in [3.05, 3.63) is 89.5 Å². The van der Waals surface area contributed by atoms with Crippen molar-refractivity contribution in [3.8, 4) is 0 Å². The van der Waals surface area contributed by atoms with E-state index in [0.29, 0.717) is 11.4 Å². The zero-order valence-electron chi connectivity index (χ0n) is 19.7. The average Bonchev–Trinajstić information content (AvgIpc) is 3.40. The number of hydrogen-bond acceptors (Lipinski definition) is 4. The van der Waals surface area contributed by atoms with Crippen LogP contribution in [0.5, 0.6) is 0 Å². The Labute approximate surface area is 207 Å². The second-order valence-electron chi connectivity index (χ2n) is 9.35. The standard InChI is InChI=1S/C28H31N3O3S/c32-28(19-21-9-2-1-3-10-21)29-23-15-16-26(31-17-6-7-18-31)27(20-23)35(33,34)30-25-14-8-12-22-11-4-5-13-24(22)25/h1-5,9-11,13,15-16,20,25,30H,6-8,12,14,17-19H2,(H,29,32)/t25-/m0/s1. The third-order valence-corrected chi connectivity index (χ3v) is 8.36. The van der Waals surface area contributed by atoms with E-state index in [1.807, 2.05) is 54.6 Å². The van der Waals surface area contributed by atoms with Gasteiger partial charge in [0.15, 0.2) is 0 Å². The van der Waals surface area contributed by atoms with Crippen molar-refractivity contribution in [1.82, 2.24) is 4.72 Å². The molecule has 1 aliphatic carbocycles. The van der Waals surface area contributed by atoms with Crippen molar-refractivity contribution in [2.45, 2.75) is 49.5 Å². The van der Waals surface area contributed by atoms with Crippen LogP contribution in [0.1, 0.15) is 48.4 Å². The fraction of sp³-hybridized carbons (Fsp3) is 0.321. The van der Waals surface area contributed by atoms with Crippen molar-refractivity contribution in [3.63, 3.8) is 0 Å². The molecule has 0 aromatic heterocycles. The van der Waals surface area contributed by atoms with Crippen LogP contribution in [-0.4, -0.2) is 27.4 Å². The maximum Gasteiger partial charge on any atom is 0.243 e. The summed E-state index contributed by atoms with van der Waals surface area (Å²) in [5, 5.41) is 2.89. The van der Waals surface area contributed by atoms with Crippen molar-refractivity contribution in [1.29, 1.82) is 0 Å². The first-order valence-electron chi connectivity index (χ1n) is 12.3. The summed E-state index contributed by atoms with van der Waals surface area (Å²) >= 11 is 0. The van der Waals surface area contributed by atoms with Crippen LogP contribution in [0.2, 0.25) is 0 Å². The summed E-state index contributed by atoms with van der Waals surface area (Å²) in [6, 6.07) is 22.5. The molecule has 1 saturated heterocycles. The van der Waals surface area contributed by atoms with E-state index in [0.717, 1.165) is 56.3 Å². The number of fused-ring (bicyclic) bond motifs is 1. The molecule has 5 rings (SSSR count). The molecule has 2 aliphatic rings. The number of rotatable bonds is 7. The number of benzene rings is 3. The van der Waals surface area contributed by atoms with Gasteiger partial charge in [-0.2, -0.15) is 0 Å². The van der Waals surface area contributed by atoms with Crippen LogP contribution in [0.15, 0.2) is 77.7 Å². The summed E-state index contributed by atoms with van der Waals surface area (Å²) in [4.78, 5) is 15.0. The van der Waals surface area contributed by atoms with Crippen LogP contribution in [-0.2, 0) is 27.7 Å². The van der Waals surface area contributed by atoms with Gasteiger partial charge in [0.1, 0.15) is 4.90 Å². The molecule has 0 unspecified atom stereocenters. The summed E-state index contributed by atoms with van der Waals surface area (Å²) in [7, 11) is -3.83. The van der Waals surface area contributed by atoms with E-state index in [1.165, 1.54) is 5.56 Å². The maximum atomic E-state index is 13.8. The molecule has 1 fully saturated rings. The Morgan fingerprint density at radius 2 is 1.66 bits per heavy atom. The third-order valence-electron chi connectivity index (χ3n) is 6.85. The molecule has 0 saturated carbocycles. The van der Waals surface area contributed by atoms with Gasteiger partial charge in [-0.05, 0) is 67.0 Å². The van der Waals surface area contributed by atoms with Gasteiger partial charge >= 0.3 is 0 Å². The highest BCUT2D eigenvalue weighted by atomic mass is 32.2. The first-order valence-corrected chi connectivity index (χ1v) is 13.8. The van der Waals surface area contributed by atoms with Crippen molar-refractivity contribution < 1.29 is 13.2 Å². The molecule has 3 aromatic carbocycles.